The molecule has 13 nitrogen and oxygen atoms in total. The van der Waals surface area contributed by atoms with Crippen LogP contribution >= 0.6 is 0 Å². The standard InChI is InChI=1S/C23H15N13/c24-10-14-3-1-4-15(9-14)20-19(17-6-8-27-13-28-17)22-29-18(32-36(22)23(25)30-20)12-35-21(31-33-34-35)16-5-2-7-26-11-16/h1-9,11,13H,12H2,(H2,25,30). The van der Waals surface area contributed by atoms with Crippen LogP contribution in [-0.4, -0.2) is 54.7 Å². The number of hydrogen-bond acceptors (Lipinski definition) is 11. The van der Waals surface area contributed by atoms with Crippen LogP contribution in [0.5, 0.6) is 0 Å². The third kappa shape index (κ3) is 3.64. The first kappa shape index (κ1) is 20.9. The van der Waals surface area contributed by atoms with E-state index in [0.717, 1.165) is 5.56 Å². The summed E-state index contributed by atoms with van der Waals surface area (Å²) < 4.78 is 3.04. The molecule has 0 aliphatic heterocycles. The van der Waals surface area contributed by atoms with Gasteiger partial charge in [0.1, 0.15) is 12.9 Å². The van der Waals surface area contributed by atoms with Crippen molar-refractivity contribution in [2.45, 2.75) is 6.54 Å². The average Bonchev–Trinajstić information content (AvgIpc) is 3.57. The molecule has 0 radical (unpaired) electrons. The number of benzene rings is 1. The summed E-state index contributed by atoms with van der Waals surface area (Å²) in [6, 6.07) is 14.7. The number of nitrogen functional groups attached to an aromatic ring is 1. The van der Waals surface area contributed by atoms with E-state index in [1.165, 1.54) is 10.8 Å². The van der Waals surface area contributed by atoms with Gasteiger partial charge in [0.15, 0.2) is 17.3 Å². The molecular weight excluding hydrogens is 458 g/mol. The molecule has 2 N–H and O–H groups in total. The fraction of sp³-hybridized carbons (Fsp3) is 0.0435. The summed E-state index contributed by atoms with van der Waals surface area (Å²) in [5.41, 5.74) is 10.4. The quantitative estimate of drug-likeness (QED) is 0.386. The van der Waals surface area contributed by atoms with E-state index in [9.17, 15) is 5.26 Å². The van der Waals surface area contributed by atoms with E-state index in [1.807, 2.05) is 12.1 Å². The SMILES string of the molecule is N#Cc1cccc(-c2nc(N)n3nc(Cn4nnnc4-c4cccnc4)nc3c2-c2ccncn2)c1. The first-order valence-electron chi connectivity index (χ1n) is 10.7. The van der Waals surface area contributed by atoms with Gasteiger partial charge in [-0.05, 0) is 40.8 Å². The highest BCUT2D eigenvalue weighted by molar-refractivity contribution is 5.89. The fourth-order valence-corrected chi connectivity index (χ4v) is 3.83. The number of fused-ring (bicyclic) bond motifs is 1. The van der Waals surface area contributed by atoms with Crippen LogP contribution in [0.25, 0.3) is 39.5 Å². The molecule has 5 heterocycles. The van der Waals surface area contributed by atoms with Gasteiger partial charge in [-0.3, -0.25) is 4.98 Å². The highest BCUT2D eigenvalue weighted by atomic mass is 15.5. The van der Waals surface area contributed by atoms with Crippen LogP contribution in [0.4, 0.5) is 5.95 Å². The van der Waals surface area contributed by atoms with Gasteiger partial charge in [0.2, 0.25) is 5.95 Å². The number of hydrogen-bond donors (Lipinski definition) is 1. The van der Waals surface area contributed by atoms with Crippen molar-refractivity contribution in [1.82, 2.24) is 54.7 Å². The van der Waals surface area contributed by atoms with Gasteiger partial charge in [-0.1, -0.05) is 12.1 Å². The van der Waals surface area contributed by atoms with Crippen LogP contribution in [0.15, 0.2) is 67.4 Å². The number of pyridine rings is 1. The van der Waals surface area contributed by atoms with Gasteiger partial charge in [0, 0.05) is 29.7 Å². The Bertz CT molecular complexity index is 1730. The lowest BCUT2D eigenvalue weighted by Crippen LogP contribution is -2.07. The van der Waals surface area contributed by atoms with Crippen LogP contribution in [0.1, 0.15) is 11.4 Å². The lowest BCUT2D eigenvalue weighted by Gasteiger charge is -2.11. The molecule has 6 rings (SSSR count). The van der Waals surface area contributed by atoms with Crippen LogP contribution in [-0.2, 0) is 6.54 Å². The topological polar surface area (TPSA) is 175 Å². The van der Waals surface area contributed by atoms with E-state index in [4.69, 9.17) is 10.7 Å². The molecule has 0 saturated heterocycles. The zero-order valence-corrected chi connectivity index (χ0v) is 18.5. The van der Waals surface area contributed by atoms with Gasteiger partial charge in [0.25, 0.3) is 0 Å². The van der Waals surface area contributed by atoms with E-state index in [-0.39, 0.29) is 12.5 Å². The van der Waals surface area contributed by atoms with Crippen molar-refractivity contribution in [2.75, 3.05) is 5.73 Å². The second-order valence-corrected chi connectivity index (χ2v) is 7.65. The monoisotopic (exact) mass is 473 g/mol. The van der Waals surface area contributed by atoms with E-state index >= 15 is 0 Å². The highest BCUT2D eigenvalue weighted by Gasteiger charge is 2.22. The molecule has 1 aromatic carbocycles. The minimum atomic E-state index is 0.128. The van der Waals surface area contributed by atoms with E-state index in [1.54, 1.807) is 53.6 Å². The first-order valence-corrected chi connectivity index (χ1v) is 10.7. The van der Waals surface area contributed by atoms with Crippen molar-refractivity contribution in [3.05, 3.63) is 78.8 Å². The highest BCUT2D eigenvalue weighted by Crippen LogP contribution is 2.34. The van der Waals surface area contributed by atoms with Gasteiger partial charge in [-0.25, -0.2) is 24.6 Å². The maximum absolute atomic E-state index is 9.39. The molecule has 0 aliphatic carbocycles. The molecule has 0 unspecified atom stereocenters. The van der Waals surface area contributed by atoms with Crippen molar-refractivity contribution in [3.8, 4) is 40.0 Å². The number of tetrazole rings is 1. The molecule has 0 bridgehead atoms. The summed E-state index contributed by atoms with van der Waals surface area (Å²) in [6.07, 6.45) is 6.42. The Morgan fingerprint density at radius 2 is 1.92 bits per heavy atom. The Labute approximate surface area is 203 Å². The third-order valence-electron chi connectivity index (χ3n) is 5.40. The van der Waals surface area contributed by atoms with Gasteiger partial charge in [-0.2, -0.15) is 9.78 Å². The number of aromatic nitrogens is 11. The zero-order valence-electron chi connectivity index (χ0n) is 18.5. The molecule has 36 heavy (non-hydrogen) atoms. The molecule has 0 atom stereocenters. The Balaban J connectivity index is 1.52. The van der Waals surface area contributed by atoms with Gasteiger partial charge < -0.3 is 5.73 Å². The normalized spacial score (nSPS) is 11.0. The van der Waals surface area contributed by atoms with Crippen molar-refractivity contribution in [1.29, 1.82) is 5.26 Å². The minimum absolute atomic E-state index is 0.128. The predicted molar refractivity (Wildman–Crippen MR) is 127 cm³/mol. The number of rotatable bonds is 5. The molecule has 6 aromatic rings. The Kier molecular flexibility index (Phi) is 5.01. The predicted octanol–water partition coefficient (Wildman–Crippen LogP) is 1.80. The van der Waals surface area contributed by atoms with Crippen molar-refractivity contribution in [3.63, 3.8) is 0 Å². The minimum Gasteiger partial charge on any atom is -0.368 e. The summed E-state index contributed by atoms with van der Waals surface area (Å²) in [5.74, 6) is 1.07. The Morgan fingerprint density at radius 3 is 2.72 bits per heavy atom. The molecule has 0 fully saturated rings. The summed E-state index contributed by atoms with van der Waals surface area (Å²) in [4.78, 5) is 21.9. The number of anilines is 1. The van der Waals surface area contributed by atoms with E-state index in [0.29, 0.717) is 45.4 Å². The maximum atomic E-state index is 9.39. The summed E-state index contributed by atoms with van der Waals surface area (Å²) in [5, 5.41) is 25.9. The molecule has 172 valence electrons. The number of nitrogens with two attached hydrogens (primary N) is 1. The van der Waals surface area contributed by atoms with Crippen molar-refractivity contribution < 1.29 is 0 Å². The fourth-order valence-electron chi connectivity index (χ4n) is 3.83. The molecule has 0 spiro atoms. The van der Waals surface area contributed by atoms with Gasteiger partial charge >= 0.3 is 0 Å². The zero-order chi connectivity index (χ0) is 24.5. The van der Waals surface area contributed by atoms with Crippen LogP contribution in [0.2, 0.25) is 0 Å². The summed E-state index contributed by atoms with van der Waals surface area (Å²) in [6.45, 7) is 0.181. The molecule has 5 aromatic heterocycles. The Hall–Kier alpha value is -5.64. The first-order chi connectivity index (χ1) is 17.7. The molecule has 13 heteroatoms. The molecule has 0 amide bonds. The van der Waals surface area contributed by atoms with Crippen molar-refractivity contribution in [2.24, 2.45) is 0 Å². The van der Waals surface area contributed by atoms with E-state index < -0.39 is 0 Å². The van der Waals surface area contributed by atoms with Crippen molar-refractivity contribution >= 4 is 11.6 Å². The summed E-state index contributed by atoms with van der Waals surface area (Å²) >= 11 is 0. The number of nitrogens with zero attached hydrogens (tertiary/aromatic N) is 12. The number of nitriles is 1. The molecule has 0 saturated carbocycles. The second kappa shape index (κ2) is 8.61. The lowest BCUT2D eigenvalue weighted by atomic mass is 10.0. The largest absolute Gasteiger partial charge is 0.368 e. The van der Waals surface area contributed by atoms with Crippen LogP contribution < -0.4 is 5.73 Å². The van der Waals surface area contributed by atoms with Gasteiger partial charge in [0.05, 0.1) is 28.6 Å². The summed E-state index contributed by atoms with van der Waals surface area (Å²) in [7, 11) is 0. The van der Waals surface area contributed by atoms with E-state index in [2.05, 4.69) is 46.6 Å². The molecular formula is C23H15N13. The van der Waals surface area contributed by atoms with Gasteiger partial charge in [-0.15, -0.1) is 10.2 Å². The lowest BCUT2D eigenvalue weighted by molar-refractivity contribution is 0.628. The average molecular weight is 473 g/mol. The molecule has 0 aliphatic rings. The second-order valence-electron chi connectivity index (χ2n) is 7.65. The van der Waals surface area contributed by atoms with Crippen LogP contribution in [0.3, 0.4) is 0 Å². The maximum Gasteiger partial charge on any atom is 0.223 e. The smallest absolute Gasteiger partial charge is 0.223 e. The third-order valence-corrected chi connectivity index (χ3v) is 5.40. The Morgan fingerprint density at radius 1 is 1.00 bits per heavy atom. The van der Waals surface area contributed by atoms with Crippen LogP contribution in [0, 0.1) is 11.3 Å².